The van der Waals surface area contributed by atoms with Crippen LogP contribution in [-0.2, 0) is 11.8 Å². The zero-order chi connectivity index (χ0) is 22.3. The Morgan fingerprint density at radius 3 is 2.52 bits per heavy atom. The first kappa shape index (κ1) is 21.9. The summed E-state index contributed by atoms with van der Waals surface area (Å²) in [4.78, 5) is 26.5. The van der Waals surface area contributed by atoms with Crippen molar-refractivity contribution in [1.82, 2.24) is 19.8 Å². The van der Waals surface area contributed by atoms with Crippen LogP contribution in [0.5, 0.6) is 0 Å². The number of ether oxygens (including phenoxy) is 1. The van der Waals surface area contributed by atoms with Gasteiger partial charge in [-0.05, 0) is 50.9 Å². The van der Waals surface area contributed by atoms with Crippen molar-refractivity contribution in [3.8, 4) is 0 Å². The Bertz CT molecular complexity index is 979. The van der Waals surface area contributed by atoms with Crippen molar-refractivity contribution in [2.45, 2.75) is 90.5 Å². The molecule has 8 nitrogen and oxygen atoms in total. The number of carbonyl (C=O) groups is 1. The van der Waals surface area contributed by atoms with E-state index in [0.29, 0.717) is 5.56 Å². The zero-order valence-electron chi connectivity index (χ0n) is 19.2. The summed E-state index contributed by atoms with van der Waals surface area (Å²) in [6.45, 7) is 8.45. The SMILES string of the molecule is Cc1c(C(NC(=O)c2ccon2)[C@@H]2CCC[C@H](C(C)(C)C)O2)c(=O)n(C2CCC2)n1C. The number of nitrogens with zero attached hydrogens (tertiary/aromatic N) is 3. The average Bonchev–Trinajstić information content (AvgIpc) is 3.29. The number of hydrogen-bond donors (Lipinski definition) is 1. The lowest BCUT2D eigenvalue weighted by Crippen LogP contribution is -2.46. The molecular weight excluding hydrogens is 396 g/mol. The summed E-state index contributed by atoms with van der Waals surface area (Å²) in [5, 5.41) is 6.83. The van der Waals surface area contributed by atoms with Crippen molar-refractivity contribution in [2.24, 2.45) is 12.5 Å². The summed E-state index contributed by atoms with van der Waals surface area (Å²) in [6, 6.07) is 1.21. The van der Waals surface area contributed by atoms with Gasteiger partial charge in [0.05, 0.1) is 29.9 Å². The molecule has 2 aliphatic rings. The van der Waals surface area contributed by atoms with Gasteiger partial charge in [0.1, 0.15) is 6.26 Å². The molecule has 31 heavy (non-hydrogen) atoms. The van der Waals surface area contributed by atoms with Gasteiger partial charge in [0, 0.05) is 18.8 Å². The smallest absolute Gasteiger partial charge is 0.274 e. The lowest BCUT2D eigenvalue weighted by molar-refractivity contribution is -0.110. The Hall–Kier alpha value is -2.35. The summed E-state index contributed by atoms with van der Waals surface area (Å²) < 4.78 is 15.2. The van der Waals surface area contributed by atoms with Crippen LogP contribution in [-0.4, -0.2) is 32.6 Å². The third-order valence-corrected chi connectivity index (χ3v) is 6.96. The predicted molar refractivity (Wildman–Crippen MR) is 116 cm³/mol. The van der Waals surface area contributed by atoms with Gasteiger partial charge in [0.2, 0.25) is 0 Å². The van der Waals surface area contributed by atoms with Crippen molar-refractivity contribution >= 4 is 5.91 Å². The maximum absolute atomic E-state index is 13.6. The lowest BCUT2D eigenvalue weighted by atomic mass is 9.82. The highest BCUT2D eigenvalue weighted by molar-refractivity contribution is 5.92. The van der Waals surface area contributed by atoms with Crippen LogP contribution in [0.1, 0.15) is 93.1 Å². The van der Waals surface area contributed by atoms with E-state index < -0.39 is 6.04 Å². The van der Waals surface area contributed by atoms with Crippen LogP contribution in [0.15, 0.2) is 21.6 Å². The summed E-state index contributed by atoms with van der Waals surface area (Å²) >= 11 is 0. The first-order valence-electron chi connectivity index (χ1n) is 11.3. The van der Waals surface area contributed by atoms with Crippen LogP contribution in [0.2, 0.25) is 0 Å². The van der Waals surface area contributed by atoms with E-state index in [0.717, 1.165) is 44.2 Å². The largest absolute Gasteiger partial charge is 0.372 e. The Labute approximate surface area is 182 Å². The number of hydrogen-bond acceptors (Lipinski definition) is 5. The number of amides is 1. The molecule has 1 aliphatic heterocycles. The predicted octanol–water partition coefficient (Wildman–Crippen LogP) is 3.66. The molecule has 4 rings (SSSR count). The second-order valence-electron chi connectivity index (χ2n) is 10.1. The normalized spacial score (nSPS) is 23.4. The average molecular weight is 431 g/mol. The monoisotopic (exact) mass is 430 g/mol. The highest BCUT2D eigenvalue weighted by Gasteiger charge is 2.39. The van der Waals surface area contributed by atoms with Crippen LogP contribution in [0.3, 0.4) is 0 Å². The van der Waals surface area contributed by atoms with Gasteiger partial charge >= 0.3 is 0 Å². The molecule has 3 heterocycles. The van der Waals surface area contributed by atoms with Crippen molar-refractivity contribution in [3.63, 3.8) is 0 Å². The number of carbonyl (C=O) groups excluding carboxylic acids is 1. The Morgan fingerprint density at radius 2 is 1.94 bits per heavy atom. The molecule has 0 aromatic carbocycles. The molecule has 0 radical (unpaired) electrons. The van der Waals surface area contributed by atoms with Crippen LogP contribution in [0, 0.1) is 12.3 Å². The fourth-order valence-corrected chi connectivity index (χ4v) is 4.78. The van der Waals surface area contributed by atoms with Crippen molar-refractivity contribution in [3.05, 3.63) is 39.6 Å². The molecule has 0 spiro atoms. The molecule has 1 amide bonds. The summed E-state index contributed by atoms with van der Waals surface area (Å²) in [5.74, 6) is -0.363. The second-order valence-corrected chi connectivity index (χ2v) is 10.1. The summed E-state index contributed by atoms with van der Waals surface area (Å²) in [7, 11) is 1.93. The lowest BCUT2D eigenvalue weighted by Gasteiger charge is -2.40. The Kier molecular flexibility index (Phi) is 5.85. The maximum Gasteiger partial charge on any atom is 0.274 e. The van der Waals surface area contributed by atoms with E-state index in [4.69, 9.17) is 9.26 Å². The van der Waals surface area contributed by atoms with E-state index in [2.05, 4.69) is 31.2 Å². The van der Waals surface area contributed by atoms with Crippen LogP contribution in [0.25, 0.3) is 0 Å². The number of rotatable bonds is 5. The summed E-state index contributed by atoms with van der Waals surface area (Å²) in [6.07, 6.45) is 7.07. The van der Waals surface area contributed by atoms with E-state index in [1.54, 1.807) is 0 Å². The molecule has 1 saturated carbocycles. The maximum atomic E-state index is 13.6. The fourth-order valence-electron chi connectivity index (χ4n) is 4.78. The standard InChI is InChI=1S/C23H34N4O4/c1-14-19(22(29)27(26(14)5)15-8-6-9-15)20(24-21(28)16-12-13-30-25-16)17-10-7-11-18(31-17)23(2,3)4/h12-13,15,17-18,20H,6-11H2,1-5H3,(H,24,28)/t17-,18+,20?/m0/s1. The quantitative estimate of drug-likeness (QED) is 0.782. The van der Waals surface area contributed by atoms with Crippen LogP contribution >= 0.6 is 0 Å². The van der Waals surface area contributed by atoms with E-state index >= 15 is 0 Å². The molecule has 1 N–H and O–H groups in total. The molecule has 1 unspecified atom stereocenters. The molecule has 170 valence electrons. The molecule has 1 aliphatic carbocycles. The Morgan fingerprint density at radius 1 is 1.23 bits per heavy atom. The molecule has 8 heteroatoms. The van der Waals surface area contributed by atoms with Gasteiger partial charge in [-0.25, -0.2) is 4.68 Å². The van der Waals surface area contributed by atoms with Gasteiger partial charge in [0.25, 0.3) is 11.5 Å². The minimum absolute atomic E-state index is 0.0167. The molecule has 2 aromatic heterocycles. The van der Waals surface area contributed by atoms with E-state index in [9.17, 15) is 9.59 Å². The van der Waals surface area contributed by atoms with Crippen molar-refractivity contribution in [1.29, 1.82) is 0 Å². The van der Waals surface area contributed by atoms with Crippen LogP contribution in [0.4, 0.5) is 0 Å². The molecule has 2 aromatic rings. The van der Waals surface area contributed by atoms with Crippen LogP contribution < -0.4 is 10.9 Å². The number of nitrogens with one attached hydrogen (secondary N) is 1. The van der Waals surface area contributed by atoms with E-state index in [1.807, 2.05) is 23.3 Å². The highest BCUT2D eigenvalue weighted by Crippen LogP contribution is 2.37. The third-order valence-electron chi connectivity index (χ3n) is 6.96. The van der Waals surface area contributed by atoms with Gasteiger partial charge < -0.3 is 14.6 Å². The first-order valence-corrected chi connectivity index (χ1v) is 11.3. The van der Waals surface area contributed by atoms with Gasteiger partial charge in [-0.1, -0.05) is 25.9 Å². The molecule has 0 bridgehead atoms. The minimum atomic E-state index is -0.547. The molecule has 1 saturated heterocycles. The van der Waals surface area contributed by atoms with Gasteiger partial charge in [0.15, 0.2) is 5.69 Å². The summed E-state index contributed by atoms with van der Waals surface area (Å²) in [5.41, 5.74) is 1.63. The highest BCUT2D eigenvalue weighted by atomic mass is 16.5. The van der Waals surface area contributed by atoms with Crippen molar-refractivity contribution < 1.29 is 14.1 Å². The Balaban J connectivity index is 1.72. The zero-order valence-corrected chi connectivity index (χ0v) is 19.2. The van der Waals surface area contributed by atoms with Gasteiger partial charge in [-0.15, -0.1) is 0 Å². The third kappa shape index (κ3) is 4.10. The van der Waals surface area contributed by atoms with Gasteiger partial charge in [-0.2, -0.15) is 0 Å². The first-order chi connectivity index (χ1) is 14.7. The molecular formula is C23H34N4O4. The molecule has 3 atom stereocenters. The van der Waals surface area contributed by atoms with E-state index in [-0.39, 0.29) is 40.8 Å². The minimum Gasteiger partial charge on any atom is -0.372 e. The fraction of sp³-hybridized carbons (Fsp3) is 0.696. The second kappa shape index (κ2) is 8.30. The number of aromatic nitrogens is 3. The topological polar surface area (TPSA) is 91.3 Å². The van der Waals surface area contributed by atoms with Gasteiger partial charge in [-0.3, -0.25) is 14.3 Å². The van der Waals surface area contributed by atoms with Crippen molar-refractivity contribution in [2.75, 3.05) is 0 Å². The molecule has 2 fully saturated rings. The van der Waals surface area contributed by atoms with E-state index in [1.165, 1.54) is 12.3 Å².